The number of ether oxygens (including phenoxy) is 1. The maximum absolute atomic E-state index is 13.3. The molecule has 7 nitrogen and oxygen atoms in total. The van der Waals surface area contributed by atoms with Crippen molar-refractivity contribution in [2.45, 2.75) is 11.7 Å². The lowest BCUT2D eigenvalue weighted by Gasteiger charge is -2.26. The summed E-state index contributed by atoms with van der Waals surface area (Å²) in [4.78, 5) is 25.1. The molecule has 2 aliphatic rings. The van der Waals surface area contributed by atoms with Crippen LogP contribution in [-0.2, 0) is 24.4 Å². The van der Waals surface area contributed by atoms with Crippen molar-refractivity contribution in [3.8, 4) is 0 Å². The van der Waals surface area contributed by atoms with Crippen molar-refractivity contribution in [3.05, 3.63) is 40.0 Å². The van der Waals surface area contributed by atoms with Crippen LogP contribution in [0.25, 0.3) is 0 Å². The van der Waals surface area contributed by atoms with E-state index in [0.717, 1.165) is 3.57 Å². The van der Waals surface area contributed by atoms with Crippen molar-refractivity contribution >= 4 is 50.3 Å². The van der Waals surface area contributed by atoms with E-state index in [1.165, 1.54) is 0 Å². The first-order valence-electron chi connectivity index (χ1n) is 8.26. The highest BCUT2D eigenvalue weighted by atomic mass is 127. The summed E-state index contributed by atoms with van der Waals surface area (Å²) in [5.41, 5.74) is 0.530. The number of hydrogen-bond acceptors (Lipinski definition) is 5. The Morgan fingerprint density at radius 2 is 1.75 bits per heavy atom. The smallest absolute Gasteiger partial charge is 0.402 e. The van der Waals surface area contributed by atoms with Crippen molar-refractivity contribution in [1.82, 2.24) is 0 Å². The van der Waals surface area contributed by atoms with Gasteiger partial charge in [0.15, 0.2) is 6.61 Å². The third-order valence-corrected chi connectivity index (χ3v) is 6.50. The maximum atomic E-state index is 13.3. The molecule has 1 fully saturated rings. The number of hydrogen-bond donors (Lipinski definition) is 2. The third-order valence-electron chi connectivity index (χ3n) is 4.91. The Balaban J connectivity index is 1.72. The minimum Gasteiger partial charge on any atom is -0.458 e. The van der Waals surface area contributed by atoms with E-state index in [1.54, 1.807) is 36.4 Å². The average molecular weight is 527 g/mol. The van der Waals surface area contributed by atoms with Gasteiger partial charge >= 0.3 is 21.3 Å². The Hall–Kier alpha value is -1.60. The van der Waals surface area contributed by atoms with Crippen molar-refractivity contribution in [2.75, 3.05) is 11.9 Å². The van der Waals surface area contributed by atoms with Gasteiger partial charge in [0.2, 0.25) is 5.91 Å². The Kier molecular flexibility index (Phi) is 5.79. The molecule has 1 amide bonds. The van der Waals surface area contributed by atoms with Crippen LogP contribution in [-0.4, -0.2) is 36.7 Å². The highest BCUT2D eigenvalue weighted by Gasteiger charge is 2.53. The molecule has 0 aromatic heterocycles. The molecule has 11 heteroatoms. The van der Waals surface area contributed by atoms with E-state index in [0.29, 0.717) is 12.1 Å². The van der Waals surface area contributed by atoms with Gasteiger partial charge in [0.1, 0.15) is 0 Å². The molecule has 4 atom stereocenters. The number of alkyl halides is 2. The van der Waals surface area contributed by atoms with Crippen LogP contribution in [0, 0.1) is 27.2 Å². The summed E-state index contributed by atoms with van der Waals surface area (Å²) in [5, 5.41) is -1.91. The Bertz CT molecular complexity index is 918. The molecule has 3 rings (SSSR count). The first-order chi connectivity index (χ1) is 13.0. The molecule has 2 N–H and O–H groups in total. The summed E-state index contributed by atoms with van der Waals surface area (Å²) in [5.74, 6) is -3.96. The Morgan fingerprint density at radius 3 is 2.32 bits per heavy atom. The van der Waals surface area contributed by atoms with E-state index in [-0.39, 0.29) is 11.8 Å². The molecule has 0 heterocycles. The first-order valence-corrected chi connectivity index (χ1v) is 10.8. The van der Waals surface area contributed by atoms with Gasteiger partial charge in [-0.05, 0) is 65.1 Å². The monoisotopic (exact) mass is 527 g/mol. The summed E-state index contributed by atoms with van der Waals surface area (Å²) < 4.78 is 61.9. The van der Waals surface area contributed by atoms with Crippen LogP contribution in [0.4, 0.5) is 14.5 Å². The molecule has 1 aromatic carbocycles. The highest BCUT2D eigenvalue weighted by molar-refractivity contribution is 14.1. The van der Waals surface area contributed by atoms with Crippen molar-refractivity contribution in [1.29, 1.82) is 0 Å². The van der Waals surface area contributed by atoms with Gasteiger partial charge in [-0.15, -0.1) is 0 Å². The SMILES string of the molecule is O=C(Nc1ccc(I)cc1)C1C2C=CC(C2)C1C(=O)OCC(F)(F)S(=O)(=O)O. The van der Waals surface area contributed by atoms with Gasteiger partial charge in [-0.25, -0.2) is 0 Å². The molecule has 2 bridgehead atoms. The molecule has 1 aromatic rings. The van der Waals surface area contributed by atoms with E-state index in [2.05, 4.69) is 32.6 Å². The summed E-state index contributed by atoms with van der Waals surface area (Å²) in [7, 11) is -5.71. The second-order valence-corrected chi connectivity index (χ2v) is 9.51. The fourth-order valence-electron chi connectivity index (χ4n) is 3.59. The van der Waals surface area contributed by atoms with Gasteiger partial charge in [0, 0.05) is 9.26 Å². The van der Waals surface area contributed by atoms with Crippen LogP contribution in [0.1, 0.15) is 6.42 Å². The minimum atomic E-state index is -5.71. The predicted molar refractivity (Wildman–Crippen MR) is 103 cm³/mol. The van der Waals surface area contributed by atoms with Gasteiger partial charge in [-0.3, -0.25) is 14.1 Å². The molecular formula is C17H16F2INO6S. The number of esters is 1. The Morgan fingerprint density at radius 1 is 1.18 bits per heavy atom. The van der Waals surface area contributed by atoms with E-state index < -0.39 is 45.7 Å². The zero-order valence-electron chi connectivity index (χ0n) is 14.2. The molecule has 4 unspecified atom stereocenters. The Labute approximate surface area is 173 Å². The van der Waals surface area contributed by atoms with Crippen molar-refractivity contribution < 1.29 is 36.1 Å². The van der Waals surface area contributed by atoms with Gasteiger partial charge < -0.3 is 10.1 Å². The van der Waals surface area contributed by atoms with Crippen LogP contribution in [0.3, 0.4) is 0 Å². The number of amides is 1. The molecule has 28 heavy (non-hydrogen) atoms. The number of carbonyl (C=O) groups excluding carboxylic acids is 2. The van der Waals surface area contributed by atoms with Gasteiger partial charge in [0.25, 0.3) is 0 Å². The summed E-state index contributed by atoms with van der Waals surface area (Å²) in [6.45, 7) is -1.81. The molecule has 0 spiro atoms. The van der Waals surface area contributed by atoms with Gasteiger partial charge in [-0.1, -0.05) is 12.2 Å². The zero-order valence-corrected chi connectivity index (χ0v) is 17.2. The lowest BCUT2D eigenvalue weighted by Crippen LogP contribution is -2.40. The number of rotatable bonds is 6. The molecular weight excluding hydrogens is 511 g/mol. The summed E-state index contributed by atoms with van der Waals surface area (Å²) >= 11 is 2.11. The zero-order chi connectivity index (χ0) is 20.7. The number of carbonyl (C=O) groups is 2. The molecule has 0 aliphatic heterocycles. The van der Waals surface area contributed by atoms with E-state index >= 15 is 0 Å². The quantitative estimate of drug-likeness (QED) is 0.255. The third kappa shape index (κ3) is 4.20. The molecule has 0 radical (unpaired) electrons. The van der Waals surface area contributed by atoms with Crippen LogP contribution < -0.4 is 5.32 Å². The van der Waals surface area contributed by atoms with Crippen molar-refractivity contribution in [2.24, 2.45) is 23.7 Å². The minimum absolute atomic E-state index is 0.242. The number of halogens is 3. The number of anilines is 1. The largest absolute Gasteiger partial charge is 0.458 e. The second-order valence-electron chi connectivity index (χ2n) is 6.72. The van der Waals surface area contributed by atoms with Gasteiger partial charge in [-0.2, -0.15) is 17.2 Å². The summed E-state index contributed by atoms with van der Waals surface area (Å²) in [6, 6.07) is 6.98. The van der Waals surface area contributed by atoms with E-state index in [1.807, 2.05) is 0 Å². The van der Waals surface area contributed by atoms with Gasteiger partial charge in [0.05, 0.1) is 11.8 Å². The molecule has 1 saturated carbocycles. The average Bonchev–Trinajstić information content (AvgIpc) is 3.22. The molecule has 0 saturated heterocycles. The highest BCUT2D eigenvalue weighted by Crippen LogP contribution is 2.49. The summed E-state index contributed by atoms with van der Waals surface area (Å²) in [6.07, 6.45) is 4.03. The van der Waals surface area contributed by atoms with Crippen LogP contribution in [0.15, 0.2) is 36.4 Å². The maximum Gasteiger partial charge on any atom is 0.402 e. The normalized spacial score (nSPS) is 26.3. The second kappa shape index (κ2) is 7.67. The van der Waals surface area contributed by atoms with Crippen LogP contribution in [0.2, 0.25) is 0 Å². The van der Waals surface area contributed by atoms with Crippen LogP contribution in [0.5, 0.6) is 0 Å². The van der Waals surface area contributed by atoms with Crippen LogP contribution >= 0.6 is 22.6 Å². The fourth-order valence-corrected chi connectivity index (χ4v) is 4.15. The van der Waals surface area contributed by atoms with Crippen molar-refractivity contribution in [3.63, 3.8) is 0 Å². The molecule has 152 valence electrons. The lowest BCUT2D eigenvalue weighted by molar-refractivity contribution is -0.158. The first kappa shape index (κ1) is 21.1. The van der Waals surface area contributed by atoms with E-state index in [4.69, 9.17) is 4.55 Å². The fraction of sp³-hybridized carbons (Fsp3) is 0.412. The van der Waals surface area contributed by atoms with E-state index in [9.17, 15) is 26.8 Å². The number of benzene rings is 1. The topological polar surface area (TPSA) is 110 Å². The predicted octanol–water partition coefficient (Wildman–Crippen LogP) is 2.69. The standard InChI is InChI=1S/C17H16F2INO6S/c18-17(19,28(24,25)26)8-27-16(23)14-10-2-1-9(7-10)13(14)15(22)21-12-5-3-11(20)4-6-12/h1-6,9-10,13-14H,7-8H2,(H,21,22)(H,24,25,26). The number of nitrogens with one attached hydrogen (secondary N) is 1. The number of allylic oxidation sites excluding steroid dienone is 2. The molecule has 2 aliphatic carbocycles. The number of fused-ring (bicyclic) bond motifs is 2. The lowest BCUT2D eigenvalue weighted by atomic mass is 9.82.